The minimum atomic E-state index is -0.163. The number of hydrogen-bond donors (Lipinski definition) is 1. The molecule has 0 saturated carbocycles. The highest BCUT2D eigenvalue weighted by atomic mass is 79.9. The number of aromatic nitrogens is 1. The van der Waals surface area contributed by atoms with Crippen LogP contribution in [0.15, 0.2) is 75.6 Å². The van der Waals surface area contributed by atoms with Crippen molar-refractivity contribution in [3.8, 4) is 11.5 Å². The Bertz CT molecular complexity index is 1150. The Morgan fingerprint density at radius 1 is 1.04 bits per heavy atom. The number of anilines is 1. The molecule has 0 bridgehead atoms. The number of oxazole rings is 1. The molecular weight excluding hydrogens is 416 g/mol. The Labute approximate surface area is 171 Å². The largest absolute Gasteiger partial charge is 0.436 e. The maximum atomic E-state index is 12.4. The van der Waals surface area contributed by atoms with Crippen molar-refractivity contribution in [2.75, 3.05) is 5.32 Å². The maximum Gasteiger partial charge on any atom is 0.255 e. The first-order chi connectivity index (χ1) is 13.5. The normalized spacial score (nSPS) is 11.1. The maximum absolute atomic E-state index is 12.4. The molecule has 1 heterocycles. The van der Waals surface area contributed by atoms with Crippen LogP contribution in [0.2, 0.25) is 0 Å². The average Bonchev–Trinajstić information content (AvgIpc) is 3.12. The van der Waals surface area contributed by atoms with Gasteiger partial charge in [-0.25, -0.2) is 4.98 Å². The van der Waals surface area contributed by atoms with Gasteiger partial charge in [-0.2, -0.15) is 0 Å². The molecule has 5 heteroatoms. The minimum Gasteiger partial charge on any atom is -0.436 e. The molecule has 1 amide bonds. The number of halogens is 1. The summed E-state index contributed by atoms with van der Waals surface area (Å²) in [6.45, 7) is 4.31. The Morgan fingerprint density at radius 3 is 2.57 bits per heavy atom. The van der Waals surface area contributed by atoms with E-state index in [1.54, 1.807) is 12.1 Å². The van der Waals surface area contributed by atoms with E-state index in [0.29, 0.717) is 23.1 Å². The molecule has 0 aliphatic carbocycles. The Kier molecular flexibility index (Phi) is 5.01. The third-order valence-corrected chi connectivity index (χ3v) is 5.08. The van der Waals surface area contributed by atoms with Crippen molar-refractivity contribution in [1.29, 1.82) is 0 Å². The summed E-state index contributed by atoms with van der Waals surface area (Å²) in [4.78, 5) is 17.1. The highest BCUT2D eigenvalue weighted by molar-refractivity contribution is 9.10. The predicted octanol–water partition coefficient (Wildman–Crippen LogP) is 6.63. The fraction of sp³-hybridized carbons (Fsp3) is 0.130. The van der Waals surface area contributed by atoms with Crippen LogP contribution < -0.4 is 5.32 Å². The van der Waals surface area contributed by atoms with E-state index in [-0.39, 0.29) is 5.91 Å². The minimum absolute atomic E-state index is 0.163. The summed E-state index contributed by atoms with van der Waals surface area (Å²) in [5.74, 6) is 0.807. The van der Waals surface area contributed by atoms with Crippen LogP contribution in [0, 0.1) is 0 Å². The van der Waals surface area contributed by atoms with Crippen molar-refractivity contribution in [3.63, 3.8) is 0 Å². The van der Waals surface area contributed by atoms with Crippen molar-refractivity contribution in [2.45, 2.75) is 19.8 Å². The molecule has 0 aliphatic rings. The van der Waals surface area contributed by atoms with E-state index in [9.17, 15) is 4.79 Å². The van der Waals surface area contributed by atoms with Gasteiger partial charge in [0.25, 0.3) is 5.91 Å². The number of carbonyl (C=O) groups is 1. The lowest BCUT2D eigenvalue weighted by Gasteiger charge is -2.06. The van der Waals surface area contributed by atoms with E-state index in [4.69, 9.17) is 4.42 Å². The molecule has 28 heavy (non-hydrogen) atoms. The molecule has 0 atom stereocenters. The van der Waals surface area contributed by atoms with E-state index in [1.807, 2.05) is 42.5 Å². The van der Waals surface area contributed by atoms with Gasteiger partial charge in [-0.05, 0) is 66.1 Å². The van der Waals surface area contributed by atoms with Crippen LogP contribution in [-0.4, -0.2) is 10.9 Å². The average molecular weight is 435 g/mol. The lowest BCUT2D eigenvalue weighted by Crippen LogP contribution is -2.11. The fourth-order valence-corrected chi connectivity index (χ4v) is 3.23. The van der Waals surface area contributed by atoms with Gasteiger partial charge in [-0.1, -0.05) is 41.9 Å². The van der Waals surface area contributed by atoms with Gasteiger partial charge >= 0.3 is 0 Å². The number of fused-ring (bicyclic) bond motifs is 1. The molecule has 3 aromatic carbocycles. The molecule has 1 N–H and O–H groups in total. The topological polar surface area (TPSA) is 55.1 Å². The van der Waals surface area contributed by atoms with Crippen LogP contribution in [0.1, 0.15) is 35.7 Å². The van der Waals surface area contributed by atoms with Gasteiger partial charge in [-0.3, -0.25) is 4.79 Å². The van der Waals surface area contributed by atoms with Crippen LogP contribution in [0.5, 0.6) is 0 Å². The molecule has 4 nitrogen and oxygen atoms in total. The molecule has 0 spiro atoms. The van der Waals surface area contributed by atoms with Gasteiger partial charge in [0, 0.05) is 21.3 Å². The van der Waals surface area contributed by atoms with E-state index in [0.717, 1.165) is 21.1 Å². The molecule has 0 aliphatic heterocycles. The van der Waals surface area contributed by atoms with Gasteiger partial charge in [0.05, 0.1) is 0 Å². The third kappa shape index (κ3) is 3.85. The van der Waals surface area contributed by atoms with Crippen LogP contribution in [0.3, 0.4) is 0 Å². The van der Waals surface area contributed by atoms with Crippen LogP contribution in [0.25, 0.3) is 22.6 Å². The van der Waals surface area contributed by atoms with Gasteiger partial charge in [0.2, 0.25) is 5.89 Å². The summed E-state index contributed by atoms with van der Waals surface area (Å²) < 4.78 is 6.85. The van der Waals surface area contributed by atoms with E-state index in [1.165, 1.54) is 5.56 Å². The highest BCUT2D eigenvalue weighted by Crippen LogP contribution is 2.28. The molecule has 0 radical (unpaired) electrons. The van der Waals surface area contributed by atoms with Gasteiger partial charge in [0.1, 0.15) is 5.52 Å². The Morgan fingerprint density at radius 2 is 1.82 bits per heavy atom. The monoisotopic (exact) mass is 434 g/mol. The zero-order valence-corrected chi connectivity index (χ0v) is 17.2. The second-order valence-corrected chi connectivity index (χ2v) is 7.86. The summed E-state index contributed by atoms with van der Waals surface area (Å²) in [7, 11) is 0. The molecule has 4 rings (SSSR count). The second-order valence-electron chi connectivity index (χ2n) is 6.94. The molecule has 0 unspecified atom stereocenters. The van der Waals surface area contributed by atoms with Crippen molar-refractivity contribution in [1.82, 2.24) is 4.98 Å². The first-order valence-corrected chi connectivity index (χ1v) is 9.87. The van der Waals surface area contributed by atoms with Gasteiger partial charge in [0.15, 0.2) is 5.58 Å². The summed E-state index contributed by atoms with van der Waals surface area (Å²) >= 11 is 3.37. The zero-order chi connectivity index (χ0) is 19.7. The number of nitrogens with one attached hydrogen (secondary N) is 1. The summed E-state index contributed by atoms with van der Waals surface area (Å²) in [5.41, 5.74) is 4.92. The lowest BCUT2D eigenvalue weighted by molar-refractivity contribution is 0.102. The number of amides is 1. The van der Waals surface area contributed by atoms with Crippen molar-refractivity contribution in [2.24, 2.45) is 0 Å². The molecule has 0 fully saturated rings. The summed E-state index contributed by atoms with van der Waals surface area (Å²) in [6, 6.07) is 20.8. The first-order valence-electron chi connectivity index (χ1n) is 9.07. The van der Waals surface area contributed by atoms with Crippen LogP contribution in [0.4, 0.5) is 5.69 Å². The second kappa shape index (κ2) is 7.60. The van der Waals surface area contributed by atoms with Gasteiger partial charge < -0.3 is 9.73 Å². The number of benzene rings is 3. The highest BCUT2D eigenvalue weighted by Gasteiger charge is 2.12. The number of nitrogens with zero attached hydrogens (tertiary/aromatic N) is 1. The standard InChI is InChI=1S/C23H19BrN2O2/c1-14(2)16-8-11-21-20(13-16)26-23(28-21)17-4-3-5-19(12-17)25-22(27)15-6-9-18(24)10-7-15/h3-14H,1-2H3,(H,25,27). The quantitative estimate of drug-likeness (QED) is 0.391. The van der Waals surface area contributed by atoms with Gasteiger partial charge in [-0.15, -0.1) is 0 Å². The first kappa shape index (κ1) is 18.4. The van der Waals surface area contributed by atoms with Crippen molar-refractivity contribution < 1.29 is 9.21 Å². The van der Waals surface area contributed by atoms with E-state index < -0.39 is 0 Å². The Balaban J connectivity index is 1.60. The van der Waals surface area contributed by atoms with Crippen LogP contribution in [-0.2, 0) is 0 Å². The smallest absolute Gasteiger partial charge is 0.255 e. The zero-order valence-electron chi connectivity index (χ0n) is 15.6. The number of hydrogen-bond acceptors (Lipinski definition) is 3. The van der Waals surface area contributed by atoms with Crippen molar-refractivity contribution >= 4 is 38.6 Å². The number of rotatable bonds is 4. The molecule has 140 valence electrons. The van der Waals surface area contributed by atoms with E-state index >= 15 is 0 Å². The van der Waals surface area contributed by atoms with E-state index in [2.05, 4.69) is 52.2 Å². The fourth-order valence-electron chi connectivity index (χ4n) is 2.96. The van der Waals surface area contributed by atoms with Crippen molar-refractivity contribution in [3.05, 3.63) is 82.3 Å². The SMILES string of the molecule is CC(C)c1ccc2oc(-c3cccc(NC(=O)c4ccc(Br)cc4)c3)nc2c1. The molecule has 0 saturated heterocycles. The molecular formula is C23H19BrN2O2. The summed E-state index contributed by atoms with van der Waals surface area (Å²) in [6.07, 6.45) is 0. The van der Waals surface area contributed by atoms with Crippen LogP contribution >= 0.6 is 15.9 Å². The predicted molar refractivity (Wildman–Crippen MR) is 116 cm³/mol. The summed E-state index contributed by atoms with van der Waals surface area (Å²) in [5, 5.41) is 2.92. The molecule has 4 aromatic rings. The number of carbonyl (C=O) groups excluding carboxylic acids is 1. The molecule has 1 aromatic heterocycles. The lowest BCUT2D eigenvalue weighted by atomic mass is 10.0. The Hall–Kier alpha value is -2.92. The third-order valence-electron chi connectivity index (χ3n) is 4.55.